The third-order valence-corrected chi connectivity index (χ3v) is 4.89. The Kier molecular flexibility index (Phi) is 5.73. The first-order chi connectivity index (χ1) is 11.6. The zero-order valence-corrected chi connectivity index (χ0v) is 15.9. The van der Waals surface area contributed by atoms with Crippen molar-refractivity contribution in [3.8, 4) is 0 Å². The molecule has 0 bridgehead atoms. The fraction of sp³-hybridized carbons (Fsp3) is 0.316. The molecule has 1 amide bonds. The number of ether oxygens (including phenoxy) is 1. The molecule has 24 heavy (non-hydrogen) atoms. The summed E-state index contributed by atoms with van der Waals surface area (Å²) in [5, 5.41) is 0. The van der Waals surface area contributed by atoms with Crippen molar-refractivity contribution in [3.05, 3.63) is 63.2 Å². The van der Waals surface area contributed by atoms with E-state index < -0.39 is 0 Å². The maximum Gasteiger partial charge on any atom is 0.253 e. The standard InChI is InChI=1S/C19H21IN2O2/c1-21(19(23)16-4-6-17(20)7-5-16)14-15-2-8-18(9-3-15)22-10-12-24-13-11-22/h2-9H,10-14H2,1H3. The van der Waals surface area contributed by atoms with E-state index in [9.17, 15) is 4.79 Å². The lowest BCUT2D eigenvalue weighted by Gasteiger charge is -2.29. The lowest BCUT2D eigenvalue weighted by Crippen LogP contribution is -2.36. The Morgan fingerprint density at radius 2 is 1.71 bits per heavy atom. The van der Waals surface area contributed by atoms with Gasteiger partial charge in [-0.1, -0.05) is 12.1 Å². The summed E-state index contributed by atoms with van der Waals surface area (Å²) < 4.78 is 6.52. The van der Waals surface area contributed by atoms with Crippen molar-refractivity contribution in [3.63, 3.8) is 0 Å². The number of anilines is 1. The average Bonchev–Trinajstić information content (AvgIpc) is 2.63. The summed E-state index contributed by atoms with van der Waals surface area (Å²) in [5.41, 5.74) is 3.07. The van der Waals surface area contributed by atoms with Gasteiger partial charge in [-0.05, 0) is 64.6 Å². The highest BCUT2D eigenvalue weighted by Gasteiger charge is 2.13. The second-order valence-electron chi connectivity index (χ2n) is 5.93. The van der Waals surface area contributed by atoms with Crippen LogP contribution in [0.5, 0.6) is 0 Å². The minimum absolute atomic E-state index is 0.0451. The van der Waals surface area contributed by atoms with E-state index in [2.05, 4.69) is 51.8 Å². The van der Waals surface area contributed by atoms with E-state index in [1.807, 2.05) is 31.3 Å². The lowest BCUT2D eigenvalue weighted by atomic mass is 10.1. The number of benzene rings is 2. The molecule has 0 aromatic heterocycles. The van der Waals surface area contributed by atoms with Crippen LogP contribution in [0.2, 0.25) is 0 Å². The molecule has 0 radical (unpaired) electrons. The third-order valence-electron chi connectivity index (χ3n) is 4.17. The SMILES string of the molecule is CN(Cc1ccc(N2CCOCC2)cc1)C(=O)c1ccc(I)cc1. The van der Waals surface area contributed by atoms with E-state index in [0.717, 1.165) is 41.0 Å². The summed E-state index contributed by atoms with van der Waals surface area (Å²) in [4.78, 5) is 16.6. The first-order valence-corrected chi connectivity index (χ1v) is 9.14. The van der Waals surface area contributed by atoms with Crippen molar-refractivity contribution in [2.75, 3.05) is 38.3 Å². The monoisotopic (exact) mass is 436 g/mol. The molecule has 5 heteroatoms. The minimum Gasteiger partial charge on any atom is -0.378 e. The largest absolute Gasteiger partial charge is 0.378 e. The van der Waals surface area contributed by atoms with Crippen LogP contribution < -0.4 is 4.90 Å². The van der Waals surface area contributed by atoms with Gasteiger partial charge in [0.15, 0.2) is 0 Å². The molecule has 0 N–H and O–H groups in total. The molecule has 1 aliphatic rings. The first-order valence-electron chi connectivity index (χ1n) is 8.06. The molecule has 126 valence electrons. The second-order valence-corrected chi connectivity index (χ2v) is 7.18. The predicted molar refractivity (Wildman–Crippen MR) is 104 cm³/mol. The summed E-state index contributed by atoms with van der Waals surface area (Å²) in [6.07, 6.45) is 0. The van der Waals surface area contributed by atoms with Gasteiger partial charge < -0.3 is 14.5 Å². The number of hydrogen-bond donors (Lipinski definition) is 0. The third kappa shape index (κ3) is 4.27. The molecule has 2 aromatic carbocycles. The molecule has 1 aliphatic heterocycles. The van der Waals surface area contributed by atoms with E-state index in [4.69, 9.17) is 4.74 Å². The van der Waals surface area contributed by atoms with Crippen LogP contribution in [0.3, 0.4) is 0 Å². The molecule has 0 atom stereocenters. The van der Waals surface area contributed by atoms with Crippen LogP contribution >= 0.6 is 22.6 Å². The summed E-state index contributed by atoms with van der Waals surface area (Å²) >= 11 is 2.24. The highest BCUT2D eigenvalue weighted by atomic mass is 127. The first kappa shape index (κ1) is 17.2. The summed E-state index contributed by atoms with van der Waals surface area (Å²) in [6.45, 7) is 4.05. The normalized spacial score (nSPS) is 14.5. The van der Waals surface area contributed by atoms with Crippen LogP contribution in [-0.4, -0.2) is 44.2 Å². The van der Waals surface area contributed by atoms with E-state index >= 15 is 0 Å². The average molecular weight is 436 g/mol. The second kappa shape index (κ2) is 7.98. The fourth-order valence-corrected chi connectivity index (χ4v) is 3.15. The lowest BCUT2D eigenvalue weighted by molar-refractivity contribution is 0.0785. The highest BCUT2D eigenvalue weighted by molar-refractivity contribution is 14.1. The molecule has 0 unspecified atom stereocenters. The number of rotatable bonds is 4. The maximum atomic E-state index is 12.5. The Labute approximate surface area is 156 Å². The Bertz CT molecular complexity index is 680. The van der Waals surface area contributed by atoms with Crippen molar-refractivity contribution in [2.45, 2.75) is 6.54 Å². The van der Waals surface area contributed by atoms with Crippen LogP contribution in [-0.2, 0) is 11.3 Å². The number of morpholine rings is 1. The van der Waals surface area contributed by atoms with Gasteiger partial charge in [0.2, 0.25) is 0 Å². The zero-order chi connectivity index (χ0) is 16.9. The number of halogens is 1. The van der Waals surface area contributed by atoms with Crippen LogP contribution in [0, 0.1) is 3.57 Å². The van der Waals surface area contributed by atoms with Crippen LogP contribution in [0.25, 0.3) is 0 Å². The molecule has 0 aliphatic carbocycles. The Morgan fingerprint density at radius 3 is 2.33 bits per heavy atom. The van der Waals surface area contributed by atoms with Crippen LogP contribution in [0.15, 0.2) is 48.5 Å². The molecular weight excluding hydrogens is 415 g/mol. The van der Waals surface area contributed by atoms with E-state index in [1.54, 1.807) is 4.90 Å². The van der Waals surface area contributed by atoms with Gasteiger partial charge in [0, 0.05) is 41.5 Å². The number of nitrogens with zero attached hydrogens (tertiary/aromatic N) is 2. The van der Waals surface area contributed by atoms with Gasteiger partial charge in [0.25, 0.3) is 5.91 Å². The molecule has 2 aromatic rings. The molecular formula is C19H21IN2O2. The molecule has 0 saturated carbocycles. The van der Waals surface area contributed by atoms with Gasteiger partial charge in [0.1, 0.15) is 0 Å². The Hall–Kier alpha value is -1.60. The van der Waals surface area contributed by atoms with Crippen LogP contribution in [0.1, 0.15) is 15.9 Å². The molecule has 0 spiro atoms. The topological polar surface area (TPSA) is 32.8 Å². The summed E-state index contributed by atoms with van der Waals surface area (Å²) in [5.74, 6) is 0.0451. The zero-order valence-electron chi connectivity index (χ0n) is 13.7. The van der Waals surface area contributed by atoms with Crippen molar-refractivity contribution < 1.29 is 9.53 Å². The van der Waals surface area contributed by atoms with Crippen LogP contribution in [0.4, 0.5) is 5.69 Å². The fourth-order valence-electron chi connectivity index (χ4n) is 2.79. The molecule has 4 nitrogen and oxygen atoms in total. The van der Waals surface area contributed by atoms with Gasteiger partial charge in [0.05, 0.1) is 13.2 Å². The van der Waals surface area contributed by atoms with Gasteiger partial charge >= 0.3 is 0 Å². The molecule has 3 rings (SSSR count). The summed E-state index contributed by atoms with van der Waals surface area (Å²) in [7, 11) is 1.84. The van der Waals surface area contributed by atoms with E-state index in [1.165, 1.54) is 5.69 Å². The molecule has 1 fully saturated rings. The van der Waals surface area contributed by atoms with Crippen molar-refractivity contribution in [1.29, 1.82) is 0 Å². The Balaban J connectivity index is 1.62. The summed E-state index contributed by atoms with van der Waals surface area (Å²) in [6, 6.07) is 16.1. The number of carbonyl (C=O) groups is 1. The van der Waals surface area contributed by atoms with E-state index in [-0.39, 0.29) is 5.91 Å². The predicted octanol–water partition coefficient (Wildman–Crippen LogP) is 3.40. The smallest absolute Gasteiger partial charge is 0.253 e. The van der Waals surface area contributed by atoms with Crippen molar-refractivity contribution in [1.82, 2.24) is 4.90 Å². The van der Waals surface area contributed by atoms with Gasteiger partial charge in [-0.2, -0.15) is 0 Å². The van der Waals surface area contributed by atoms with Crippen molar-refractivity contribution in [2.24, 2.45) is 0 Å². The minimum atomic E-state index is 0.0451. The van der Waals surface area contributed by atoms with Gasteiger partial charge in [-0.15, -0.1) is 0 Å². The number of hydrogen-bond acceptors (Lipinski definition) is 3. The number of amides is 1. The van der Waals surface area contributed by atoms with E-state index in [0.29, 0.717) is 6.54 Å². The number of carbonyl (C=O) groups excluding carboxylic acids is 1. The van der Waals surface area contributed by atoms with Gasteiger partial charge in [-0.3, -0.25) is 4.79 Å². The molecule has 1 heterocycles. The molecule has 1 saturated heterocycles. The highest BCUT2D eigenvalue weighted by Crippen LogP contribution is 2.18. The maximum absolute atomic E-state index is 12.5. The quantitative estimate of drug-likeness (QED) is 0.689. The Morgan fingerprint density at radius 1 is 1.08 bits per heavy atom. The van der Waals surface area contributed by atoms with Crippen molar-refractivity contribution >= 4 is 34.2 Å². The van der Waals surface area contributed by atoms with Gasteiger partial charge in [-0.25, -0.2) is 0 Å².